The molecule has 1 atom stereocenters. The first-order valence-electron chi connectivity index (χ1n) is 6.06. The van der Waals surface area contributed by atoms with Gasteiger partial charge in [-0.05, 0) is 29.9 Å². The maximum Gasteiger partial charge on any atom is 0.126 e. The fourth-order valence-electron chi connectivity index (χ4n) is 2.12. The van der Waals surface area contributed by atoms with Gasteiger partial charge >= 0.3 is 0 Å². The lowest BCUT2D eigenvalue weighted by molar-refractivity contribution is 0.419. The average Bonchev–Trinajstić information content (AvgIpc) is 2.39. The topological polar surface area (TPSA) is 35.2 Å². The van der Waals surface area contributed by atoms with E-state index in [-0.39, 0.29) is 6.04 Å². The Morgan fingerprint density at radius 3 is 2.47 bits per heavy atom. The van der Waals surface area contributed by atoms with Crippen LogP contribution < -0.4 is 10.5 Å². The first-order chi connectivity index (χ1) is 8.26. The van der Waals surface area contributed by atoms with Crippen molar-refractivity contribution in [2.45, 2.75) is 25.8 Å². The smallest absolute Gasteiger partial charge is 0.126 e. The van der Waals surface area contributed by atoms with E-state index in [2.05, 4.69) is 31.2 Å². The molecular formula is C15H19NO. The van der Waals surface area contributed by atoms with Crippen molar-refractivity contribution in [2.24, 2.45) is 5.73 Å². The molecule has 2 aromatic carbocycles. The molecule has 0 aliphatic carbocycles. The first-order valence-corrected chi connectivity index (χ1v) is 6.06. The fraction of sp³-hybridized carbons (Fsp3) is 0.333. The van der Waals surface area contributed by atoms with Gasteiger partial charge in [0, 0.05) is 11.4 Å². The Kier molecular flexibility index (Phi) is 3.64. The zero-order chi connectivity index (χ0) is 12.3. The van der Waals surface area contributed by atoms with Gasteiger partial charge in [-0.1, -0.05) is 37.3 Å². The molecule has 2 heteroatoms. The molecule has 90 valence electrons. The predicted octanol–water partition coefficient (Wildman–Crippen LogP) is 3.13. The van der Waals surface area contributed by atoms with Gasteiger partial charge in [-0.25, -0.2) is 0 Å². The molecule has 2 N–H and O–H groups in total. The number of nitrogens with two attached hydrogens (primary N) is 1. The van der Waals surface area contributed by atoms with Crippen molar-refractivity contribution in [3.05, 3.63) is 42.0 Å². The summed E-state index contributed by atoms with van der Waals surface area (Å²) >= 11 is 0. The number of hydrogen-bond acceptors (Lipinski definition) is 2. The van der Waals surface area contributed by atoms with Crippen molar-refractivity contribution in [2.75, 3.05) is 7.11 Å². The summed E-state index contributed by atoms with van der Waals surface area (Å²) in [6.45, 7) is 2.12. The van der Waals surface area contributed by atoms with E-state index in [9.17, 15) is 0 Å². The molecule has 0 heterocycles. The van der Waals surface area contributed by atoms with Gasteiger partial charge in [-0.2, -0.15) is 0 Å². The second-order valence-electron chi connectivity index (χ2n) is 4.34. The van der Waals surface area contributed by atoms with Gasteiger partial charge in [0.25, 0.3) is 0 Å². The number of fused-ring (bicyclic) bond motifs is 1. The van der Waals surface area contributed by atoms with E-state index >= 15 is 0 Å². The molecule has 0 saturated carbocycles. The molecule has 0 amide bonds. The van der Waals surface area contributed by atoms with Crippen LogP contribution in [-0.2, 0) is 6.42 Å². The third-order valence-corrected chi connectivity index (χ3v) is 3.20. The van der Waals surface area contributed by atoms with Crippen molar-refractivity contribution in [3.63, 3.8) is 0 Å². The largest absolute Gasteiger partial charge is 0.496 e. The summed E-state index contributed by atoms with van der Waals surface area (Å²) in [5, 5.41) is 2.41. The lowest BCUT2D eigenvalue weighted by Gasteiger charge is -2.13. The summed E-state index contributed by atoms with van der Waals surface area (Å²) in [4.78, 5) is 0. The zero-order valence-electron chi connectivity index (χ0n) is 10.4. The first kappa shape index (κ1) is 11.9. The molecule has 0 bridgehead atoms. The summed E-state index contributed by atoms with van der Waals surface area (Å²) in [5.74, 6) is 0.925. The van der Waals surface area contributed by atoms with E-state index in [0.717, 1.165) is 24.0 Å². The third-order valence-electron chi connectivity index (χ3n) is 3.20. The summed E-state index contributed by atoms with van der Waals surface area (Å²) in [6.07, 6.45) is 1.92. The quantitative estimate of drug-likeness (QED) is 0.874. The molecule has 0 saturated heterocycles. The maximum atomic E-state index is 6.04. The zero-order valence-corrected chi connectivity index (χ0v) is 10.4. The van der Waals surface area contributed by atoms with Crippen LogP contribution in [0.1, 0.15) is 18.9 Å². The molecule has 0 spiro atoms. The molecule has 0 aromatic heterocycles. The lowest BCUT2D eigenvalue weighted by atomic mass is 9.97. The fourth-order valence-corrected chi connectivity index (χ4v) is 2.12. The molecule has 2 nitrogen and oxygen atoms in total. The number of benzene rings is 2. The summed E-state index contributed by atoms with van der Waals surface area (Å²) in [7, 11) is 1.71. The highest BCUT2D eigenvalue weighted by molar-refractivity contribution is 5.91. The van der Waals surface area contributed by atoms with E-state index in [1.54, 1.807) is 7.11 Å². The van der Waals surface area contributed by atoms with Gasteiger partial charge in [0.15, 0.2) is 0 Å². The molecule has 2 aromatic rings. The standard InChI is InChI=1S/C15H19NO/c1-3-12(16)10-11-8-9-15(17-2)14-7-5-4-6-13(11)14/h4-9,12H,3,10,16H2,1-2H3. The normalized spacial score (nSPS) is 12.6. The van der Waals surface area contributed by atoms with Crippen LogP contribution in [0.3, 0.4) is 0 Å². The van der Waals surface area contributed by atoms with E-state index < -0.39 is 0 Å². The van der Waals surface area contributed by atoms with E-state index in [1.165, 1.54) is 10.9 Å². The highest BCUT2D eigenvalue weighted by Gasteiger charge is 2.08. The van der Waals surface area contributed by atoms with Crippen LogP contribution in [0.15, 0.2) is 36.4 Å². The van der Waals surface area contributed by atoms with Crippen LogP contribution in [-0.4, -0.2) is 13.2 Å². The number of hydrogen-bond donors (Lipinski definition) is 1. The second kappa shape index (κ2) is 5.19. The summed E-state index contributed by atoms with van der Waals surface area (Å²) < 4.78 is 5.38. The number of rotatable bonds is 4. The minimum Gasteiger partial charge on any atom is -0.496 e. The lowest BCUT2D eigenvalue weighted by Crippen LogP contribution is -2.21. The monoisotopic (exact) mass is 229 g/mol. The highest BCUT2D eigenvalue weighted by Crippen LogP contribution is 2.28. The molecule has 17 heavy (non-hydrogen) atoms. The molecule has 2 rings (SSSR count). The average molecular weight is 229 g/mol. The van der Waals surface area contributed by atoms with Gasteiger partial charge in [0.05, 0.1) is 7.11 Å². The van der Waals surface area contributed by atoms with Gasteiger partial charge in [-0.3, -0.25) is 0 Å². The van der Waals surface area contributed by atoms with E-state index in [0.29, 0.717) is 0 Å². The molecule has 0 fully saturated rings. The van der Waals surface area contributed by atoms with E-state index in [1.807, 2.05) is 12.1 Å². The van der Waals surface area contributed by atoms with Crippen LogP contribution in [0.4, 0.5) is 0 Å². The number of methoxy groups -OCH3 is 1. The Balaban J connectivity index is 2.51. The minimum atomic E-state index is 0.229. The third kappa shape index (κ3) is 2.42. The van der Waals surface area contributed by atoms with Crippen molar-refractivity contribution in [3.8, 4) is 5.75 Å². The van der Waals surface area contributed by atoms with Gasteiger partial charge < -0.3 is 10.5 Å². The van der Waals surface area contributed by atoms with Crippen LogP contribution in [0, 0.1) is 0 Å². The van der Waals surface area contributed by atoms with Gasteiger partial charge in [-0.15, -0.1) is 0 Å². The van der Waals surface area contributed by atoms with Crippen molar-refractivity contribution >= 4 is 10.8 Å². The van der Waals surface area contributed by atoms with Gasteiger partial charge in [0.1, 0.15) is 5.75 Å². The van der Waals surface area contributed by atoms with Crippen molar-refractivity contribution in [1.82, 2.24) is 0 Å². The number of ether oxygens (including phenoxy) is 1. The molecule has 0 radical (unpaired) electrons. The molecule has 1 unspecified atom stereocenters. The Morgan fingerprint density at radius 1 is 1.12 bits per heavy atom. The van der Waals surface area contributed by atoms with Crippen LogP contribution in [0.2, 0.25) is 0 Å². The SMILES string of the molecule is CCC(N)Cc1ccc(OC)c2ccccc12. The van der Waals surface area contributed by atoms with Crippen LogP contribution in [0.5, 0.6) is 5.75 Å². The Bertz CT molecular complexity index is 507. The molecular weight excluding hydrogens is 210 g/mol. The Labute approximate surface area is 102 Å². The second-order valence-corrected chi connectivity index (χ2v) is 4.34. The Hall–Kier alpha value is -1.54. The molecule has 0 aliphatic heterocycles. The minimum absolute atomic E-state index is 0.229. The van der Waals surface area contributed by atoms with Gasteiger partial charge in [0.2, 0.25) is 0 Å². The predicted molar refractivity (Wildman–Crippen MR) is 72.5 cm³/mol. The highest BCUT2D eigenvalue weighted by atomic mass is 16.5. The van der Waals surface area contributed by atoms with Crippen molar-refractivity contribution in [1.29, 1.82) is 0 Å². The van der Waals surface area contributed by atoms with Crippen molar-refractivity contribution < 1.29 is 4.74 Å². The summed E-state index contributed by atoms with van der Waals surface area (Å²) in [6, 6.07) is 12.7. The summed E-state index contributed by atoms with van der Waals surface area (Å²) in [5.41, 5.74) is 7.34. The molecule has 0 aliphatic rings. The Morgan fingerprint density at radius 2 is 1.82 bits per heavy atom. The van der Waals surface area contributed by atoms with Crippen LogP contribution in [0.25, 0.3) is 10.8 Å². The van der Waals surface area contributed by atoms with E-state index in [4.69, 9.17) is 10.5 Å². The van der Waals surface area contributed by atoms with Crippen LogP contribution >= 0.6 is 0 Å². The maximum absolute atomic E-state index is 6.04.